The highest BCUT2D eigenvalue weighted by molar-refractivity contribution is 5.17. The first-order valence-electron chi connectivity index (χ1n) is 7.52. The highest BCUT2D eigenvalue weighted by Crippen LogP contribution is 2.41. The molecule has 0 saturated heterocycles. The first-order valence-corrected chi connectivity index (χ1v) is 7.52. The van der Waals surface area contributed by atoms with Crippen LogP contribution in [0.25, 0.3) is 0 Å². The van der Waals surface area contributed by atoms with Gasteiger partial charge in [-0.25, -0.2) is 0 Å². The maximum absolute atomic E-state index is 6.17. The average molecular weight is 289 g/mol. The minimum absolute atomic E-state index is 0.400. The molecule has 1 aliphatic rings. The first kappa shape index (κ1) is 14.3. The predicted molar refractivity (Wildman–Crippen MR) is 78.5 cm³/mol. The van der Waals surface area contributed by atoms with Crippen LogP contribution in [-0.2, 0) is 7.05 Å². The second-order valence-corrected chi connectivity index (χ2v) is 6.85. The SMILES string of the molecule is Cn1cc(C(N)c2nc(C3CCC(C)(C)CC3)no2)cn1. The third-order valence-corrected chi connectivity index (χ3v) is 4.51. The Hall–Kier alpha value is -1.69. The van der Waals surface area contributed by atoms with Crippen molar-refractivity contribution >= 4 is 0 Å². The van der Waals surface area contributed by atoms with E-state index in [1.807, 2.05) is 13.2 Å². The third-order valence-electron chi connectivity index (χ3n) is 4.51. The lowest BCUT2D eigenvalue weighted by molar-refractivity contribution is 0.218. The quantitative estimate of drug-likeness (QED) is 0.938. The lowest BCUT2D eigenvalue weighted by Crippen LogP contribution is -2.21. The van der Waals surface area contributed by atoms with E-state index in [2.05, 4.69) is 29.1 Å². The van der Waals surface area contributed by atoms with Crippen LogP contribution in [-0.4, -0.2) is 19.9 Å². The van der Waals surface area contributed by atoms with Crippen LogP contribution in [0.15, 0.2) is 16.9 Å². The molecule has 1 unspecified atom stereocenters. The standard InChI is InChI=1S/C15H23N5O/c1-15(2)6-4-10(5-7-15)13-18-14(21-19-13)12(16)11-8-17-20(3)9-11/h8-10,12H,4-7,16H2,1-3H3. The van der Waals surface area contributed by atoms with Crippen molar-refractivity contribution in [2.24, 2.45) is 18.2 Å². The summed E-state index contributed by atoms with van der Waals surface area (Å²) in [5.41, 5.74) is 7.49. The fourth-order valence-electron chi connectivity index (χ4n) is 2.94. The van der Waals surface area contributed by atoms with E-state index in [4.69, 9.17) is 10.3 Å². The number of aryl methyl sites for hydroxylation is 1. The van der Waals surface area contributed by atoms with Gasteiger partial charge in [-0.05, 0) is 31.1 Å². The largest absolute Gasteiger partial charge is 0.337 e. The fraction of sp³-hybridized carbons (Fsp3) is 0.667. The molecule has 21 heavy (non-hydrogen) atoms. The zero-order chi connectivity index (χ0) is 15.0. The fourth-order valence-corrected chi connectivity index (χ4v) is 2.94. The molecule has 2 aromatic heterocycles. The normalized spacial score (nSPS) is 20.6. The van der Waals surface area contributed by atoms with Crippen molar-refractivity contribution < 1.29 is 4.52 Å². The van der Waals surface area contributed by atoms with Gasteiger partial charge in [-0.3, -0.25) is 4.68 Å². The molecule has 0 aliphatic heterocycles. The molecule has 0 aromatic carbocycles. The minimum Gasteiger partial charge on any atom is -0.337 e. The van der Waals surface area contributed by atoms with Gasteiger partial charge in [-0.15, -0.1) is 0 Å². The van der Waals surface area contributed by atoms with Crippen molar-refractivity contribution in [3.63, 3.8) is 0 Å². The van der Waals surface area contributed by atoms with Crippen molar-refractivity contribution in [2.45, 2.75) is 51.5 Å². The third kappa shape index (κ3) is 3.00. The molecule has 0 radical (unpaired) electrons. The van der Waals surface area contributed by atoms with E-state index >= 15 is 0 Å². The van der Waals surface area contributed by atoms with E-state index in [9.17, 15) is 0 Å². The summed E-state index contributed by atoms with van der Waals surface area (Å²) in [6.45, 7) is 4.65. The smallest absolute Gasteiger partial charge is 0.248 e. The number of hydrogen-bond acceptors (Lipinski definition) is 5. The van der Waals surface area contributed by atoms with Crippen molar-refractivity contribution in [1.82, 2.24) is 19.9 Å². The summed E-state index contributed by atoms with van der Waals surface area (Å²) in [6, 6.07) is -0.403. The van der Waals surface area contributed by atoms with Gasteiger partial charge in [0.2, 0.25) is 5.89 Å². The Kier molecular flexibility index (Phi) is 3.57. The monoisotopic (exact) mass is 289 g/mol. The van der Waals surface area contributed by atoms with E-state index in [0.29, 0.717) is 17.2 Å². The summed E-state index contributed by atoms with van der Waals surface area (Å²) in [4.78, 5) is 4.53. The van der Waals surface area contributed by atoms with Crippen LogP contribution in [0.1, 0.15) is 68.8 Å². The van der Waals surface area contributed by atoms with Crippen molar-refractivity contribution in [3.8, 4) is 0 Å². The van der Waals surface area contributed by atoms with Gasteiger partial charge in [0, 0.05) is 24.7 Å². The molecular weight excluding hydrogens is 266 g/mol. The molecule has 1 atom stereocenters. The number of nitrogens with zero attached hydrogens (tertiary/aromatic N) is 4. The summed E-state index contributed by atoms with van der Waals surface area (Å²) in [5.74, 6) is 1.68. The van der Waals surface area contributed by atoms with E-state index < -0.39 is 6.04 Å². The van der Waals surface area contributed by atoms with E-state index in [1.165, 1.54) is 12.8 Å². The van der Waals surface area contributed by atoms with Crippen LogP contribution in [0.3, 0.4) is 0 Å². The minimum atomic E-state index is -0.403. The topological polar surface area (TPSA) is 82.8 Å². The molecule has 2 N–H and O–H groups in total. The molecule has 3 rings (SSSR count). The number of hydrogen-bond donors (Lipinski definition) is 1. The Morgan fingerprint density at radius 2 is 2.10 bits per heavy atom. The number of aromatic nitrogens is 4. The molecule has 6 nitrogen and oxygen atoms in total. The molecule has 0 amide bonds. The van der Waals surface area contributed by atoms with Gasteiger partial charge in [0.15, 0.2) is 5.82 Å². The van der Waals surface area contributed by atoms with Gasteiger partial charge >= 0.3 is 0 Å². The predicted octanol–water partition coefficient (Wildman–Crippen LogP) is 2.54. The van der Waals surface area contributed by atoms with E-state index in [-0.39, 0.29) is 0 Å². The highest BCUT2D eigenvalue weighted by atomic mass is 16.5. The van der Waals surface area contributed by atoms with Crippen LogP contribution < -0.4 is 5.73 Å². The van der Waals surface area contributed by atoms with Gasteiger partial charge in [0.1, 0.15) is 6.04 Å². The van der Waals surface area contributed by atoms with E-state index in [0.717, 1.165) is 24.2 Å². The van der Waals surface area contributed by atoms with Crippen molar-refractivity contribution in [1.29, 1.82) is 0 Å². The second kappa shape index (κ2) is 5.26. The molecule has 6 heteroatoms. The summed E-state index contributed by atoms with van der Waals surface area (Å²) in [5, 5.41) is 8.27. The second-order valence-electron chi connectivity index (χ2n) is 6.85. The number of nitrogens with two attached hydrogens (primary N) is 1. The molecule has 2 heterocycles. The maximum atomic E-state index is 6.17. The summed E-state index contributed by atoms with van der Waals surface area (Å²) < 4.78 is 7.09. The van der Waals surface area contributed by atoms with Gasteiger partial charge in [-0.1, -0.05) is 19.0 Å². The molecule has 114 valence electrons. The summed E-state index contributed by atoms with van der Waals surface area (Å²) >= 11 is 0. The van der Waals surface area contributed by atoms with Gasteiger partial charge < -0.3 is 10.3 Å². The van der Waals surface area contributed by atoms with Gasteiger partial charge in [-0.2, -0.15) is 10.1 Å². The molecule has 1 aliphatic carbocycles. The van der Waals surface area contributed by atoms with Crippen LogP contribution >= 0.6 is 0 Å². The molecule has 2 aromatic rings. The zero-order valence-corrected chi connectivity index (χ0v) is 12.9. The van der Waals surface area contributed by atoms with Crippen molar-refractivity contribution in [3.05, 3.63) is 29.7 Å². The molecule has 1 saturated carbocycles. The maximum Gasteiger partial charge on any atom is 0.248 e. The van der Waals surface area contributed by atoms with Crippen LogP contribution in [0.4, 0.5) is 0 Å². The van der Waals surface area contributed by atoms with Gasteiger partial charge in [0.25, 0.3) is 0 Å². The lowest BCUT2D eigenvalue weighted by atomic mass is 9.73. The van der Waals surface area contributed by atoms with Crippen LogP contribution in [0.5, 0.6) is 0 Å². The van der Waals surface area contributed by atoms with Gasteiger partial charge in [0.05, 0.1) is 6.20 Å². The Morgan fingerprint density at radius 3 is 2.71 bits per heavy atom. The van der Waals surface area contributed by atoms with Crippen LogP contribution in [0, 0.1) is 5.41 Å². The lowest BCUT2D eigenvalue weighted by Gasteiger charge is -2.32. The first-order chi connectivity index (χ1) is 9.94. The zero-order valence-electron chi connectivity index (χ0n) is 12.9. The molecule has 1 fully saturated rings. The molecular formula is C15H23N5O. The molecule has 0 bridgehead atoms. The number of rotatable bonds is 3. The van der Waals surface area contributed by atoms with E-state index in [1.54, 1.807) is 10.9 Å². The Morgan fingerprint density at radius 1 is 1.38 bits per heavy atom. The Bertz CT molecular complexity index is 605. The Labute approximate surface area is 124 Å². The van der Waals surface area contributed by atoms with Crippen LogP contribution in [0.2, 0.25) is 0 Å². The average Bonchev–Trinajstić information content (AvgIpc) is 3.07. The van der Waals surface area contributed by atoms with Crippen molar-refractivity contribution in [2.75, 3.05) is 0 Å². The molecule has 0 spiro atoms. The Balaban J connectivity index is 1.72. The summed E-state index contributed by atoms with van der Waals surface area (Å²) in [7, 11) is 1.86. The highest BCUT2D eigenvalue weighted by Gasteiger charge is 2.30. The summed E-state index contributed by atoms with van der Waals surface area (Å²) in [6.07, 6.45) is 8.25.